The number of carboxylic acids is 1. The molecule has 118 valence electrons. The minimum Gasteiger partial charge on any atom is -0.481 e. The highest BCUT2D eigenvalue weighted by molar-refractivity contribution is 5.85. The summed E-state index contributed by atoms with van der Waals surface area (Å²) in [6.45, 7) is 1.06. The van der Waals surface area contributed by atoms with Gasteiger partial charge in [0.25, 0.3) is 0 Å². The van der Waals surface area contributed by atoms with E-state index in [1.54, 1.807) is 11.9 Å². The zero-order valence-corrected chi connectivity index (χ0v) is 12.4. The Morgan fingerprint density at radius 1 is 1.24 bits per heavy atom. The molecule has 7 nitrogen and oxygen atoms in total. The highest BCUT2D eigenvalue weighted by Crippen LogP contribution is 2.31. The maximum Gasteiger partial charge on any atom is 0.318 e. The van der Waals surface area contributed by atoms with Crippen LogP contribution in [0.15, 0.2) is 0 Å². The number of nitrogens with zero attached hydrogens (tertiary/aromatic N) is 2. The number of carbonyl (C=O) groups excluding carboxylic acids is 2. The minimum absolute atomic E-state index is 0.0551. The van der Waals surface area contributed by atoms with E-state index in [1.807, 2.05) is 0 Å². The molecule has 2 fully saturated rings. The van der Waals surface area contributed by atoms with Crippen molar-refractivity contribution in [1.29, 1.82) is 0 Å². The quantitative estimate of drug-likeness (QED) is 0.800. The van der Waals surface area contributed by atoms with Gasteiger partial charge < -0.3 is 20.2 Å². The Bertz CT molecular complexity index is 432. The van der Waals surface area contributed by atoms with Crippen LogP contribution in [0.3, 0.4) is 0 Å². The van der Waals surface area contributed by atoms with Crippen LogP contribution in [0.5, 0.6) is 0 Å². The van der Waals surface area contributed by atoms with Gasteiger partial charge in [0, 0.05) is 20.1 Å². The molecule has 0 spiro atoms. The van der Waals surface area contributed by atoms with Gasteiger partial charge in [0.15, 0.2) is 0 Å². The van der Waals surface area contributed by atoms with Gasteiger partial charge >= 0.3 is 12.0 Å². The van der Waals surface area contributed by atoms with E-state index in [2.05, 4.69) is 5.32 Å². The van der Waals surface area contributed by atoms with Crippen LogP contribution in [0.1, 0.15) is 38.5 Å². The minimum atomic E-state index is -0.897. The number of carbonyl (C=O) groups is 3. The first-order valence-electron chi connectivity index (χ1n) is 7.45. The molecule has 1 saturated heterocycles. The molecule has 0 bridgehead atoms. The van der Waals surface area contributed by atoms with Crippen molar-refractivity contribution < 1.29 is 19.5 Å². The summed E-state index contributed by atoms with van der Waals surface area (Å²) in [5, 5.41) is 12.0. The average Bonchev–Trinajstić information content (AvgIpc) is 2.41. The third-order valence-electron chi connectivity index (χ3n) is 4.42. The molecule has 0 aromatic heterocycles. The van der Waals surface area contributed by atoms with Gasteiger partial charge in [-0.05, 0) is 12.8 Å². The molecule has 2 rings (SSSR count). The Balaban J connectivity index is 2.01. The normalized spacial score (nSPS) is 22.0. The van der Waals surface area contributed by atoms with Crippen molar-refractivity contribution in [2.45, 2.75) is 44.1 Å². The Morgan fingerprint density at radius 2 is 1.90 bits per heavy atom. The number of rotatable bonds is 3. The average molecular weight is 297 g/mol. The molecule has 21 heavy (non-hydrogen) atoms. The maximum atomic E-state index is 12.4. The predicted molar refractivity (Wildman–Crippen MR) is 75.8 cm³/mol. The van der Waals surface area contributed by atoms with Crippen LogP contribution in [0.2, 0.25) is 0 Å². The van der Waals surface area contributed by atoms with Gasteiger partial charge in [0.05, 0.1) is 12.0 Å². The van der Waals surface area contributed by atoms with Crippen LogP contribution in [-0.4, -0.2) is 65.0 Å². The molecule has 0 radical (unpaired) electrons. The third-order valence-corrected chi connectivity index (χ3v) is 4.42. The first-order valence-corrected chi connectivity index (χ1v) is 7.45. The molecule has 0 atom stereocenters. The lowest BCUT2D eigenvalue weighted by molar-refractivity contribution is -0.139. The smallest absolute Gasteiger partial charge is 0.318 e. The third kappa shape index (κ3) is 3.86. The summed E-state index contributed by atoms with van der Waals surface area (Å²) in [6.07, 6.45) is 4.24. The van der Waals surface area contributed by atoms with Gasteiger partial charge in [-0.1, -0.05) is 19.3 Å². The molecule has 2 aliphatic rings. The molecule has 0 aromatic carbocycles. The number of nitrogens with one attached hydrogen (secondary N) is 1. The fourth-order valence-corrected chi connectivity index (χ4v) is 3.10. The zero-order valence-electron chi connectivity index (χ0n) is 12.4. The SMILES string of the molecule is CN1CCN(C(=O)NC2(CC(=O)O)CCCCC2)CC1=O. The molecule has 7 heteroatoms. The van der Waals surface area contributed by atoms with E-state index in [0.717, 1.165) is 19.3 Å². The van der Waals surface area contributed by atoms with Crippen molar-refractivity contribution >= 4 is 17.9 Å². The van der Waals surface area contributed by atoms with E-state index >= 15 is 0 Å². The molecular formula is C14H23N3O4. The highest BCUT2D eigenvalue weighted by atomic mass is 16.4. The second-order valence-electron chi connectivity index (χ2n) is 6.08. The molecule has 1 aliphatic carbocycles. The fraction of sp³-hybridized carbons (Fsp3) is 0.786. The summed E-state index contributed by atoms with van der Waals surface area (Å²) in [5.74, 6) is -0.987. The monoisotopic (exact) mass is 297 g/mol. The van der Waals surface area contributed by atoms with E-state index in [4.69, 9.17) is 5.11 Å². The summed E-state index contributed by atoms with van der Waals surface area (Å²) < 4.78 is 0. The van der Waals surface area contributed by atoms with Crippen LogP contribution in [0.25, 0.3) is 0 Å². The van der Waals surface area contributed by atoms with Crippen LogP contribution in [0.4, 0.5) is 4.79 Å². The Kier molecular flexibility index (Phi) is 4.69. The first-order chi connectivity index (χ1) is 9.92. The van der Waals surface area contributed by atoms with Crippen molar-refractivity contribution in [3.63, 3.8) is 0 Å². The molecule has 2 N–H and O–H groups in total. The van der Waals surface area contributed by atoms with E-state index < -0.39 is 11.5 Å². The van der Waals surface area contributed by atoms with Crippen molar-refractivity contribution in [2.75, 3.05) is 26.7 Å². The highest BCUT2D eigenvalue weighted by Gasteiger charge is 2.37. The lowest BCUT2D eigenvalue weighted by Crippen LogP contribution is -2.59. The van der Waals surface area contributed by atoms with Crippen LogP contribution >= 0.6 is 0 Å². The van der Waals surface area contributed by atoms with Gasteiger partial charge in [0.1, 0.15) is 6.54 Å². The molecule has 0 aromatic rings. The van der Waals surface area contributed by atoms with Crippen molar-refractivity contribution in [2.24, 2.45) is 0 Å². The van der Waals surface area contributed by atoms with Crippen LogP contribution in [0, 0.1) is 0 Å². The van der Waals surface area contributed by atoms with Crippen molar-refractivity contribution in [1.82, 2.24) is 15.1 Å². The van der Waals surface area contributed by atoms with E-state index in [1.165, 1.54) is 4.90 Å². The topological polar surface area (TPSA) is 89.9 Å². The Labute approximate surface area is 124 Å². The predicted octanol–water partition coefficient (Wildman–Crippen LogP) is 0.648. The number of amides is 3. The largest absolute Gasteiger partial charge is 0.481 e. The van der Waals surface area contributed by atoms with Crippen LogP contribution in [-0.2, 0) is 9.59 Å². The summed E-state index contributed by atoms with van der Waals surface area (Å²) in [7, 11) is 1.71. The standard InChI is InChI=1S/C14H23N3O4/c1-16-7-8-17(10-11(16)18)13(21)15-14(9-12(19)20)5-3-2-4-6-14/h2-10H2,1H3,(H,15,21)(H,19,20). The number of aliphatic carboxylic acids is 1. The molecule has 3 amide bonds. The first kappa shape index (κ1) is 15.6. The Morgan fingerprint density at radius 3 is 2.48 bits per heavy atom. The summed E-state index contributed by atoms with van der Waals surface area (Å²) >= 11 is 0. The van der Waals surface area contributed by atoms with E-state index in [-0.39, 0.29) is 24.9 Å². The maximum absolute atomic E-state index is 12.4. The molecule has 0 unspecified atom stereocenters. The van der Waals surface area contributed by atoms with E-state index in [0.29, 0.717) is 25.9 Å². The second kappa shape index (κ2) is 6.32. The summed E-state index contributed by atoms with van der Waals surface area (Å²) in [5.41, 5.74) is -0.659. The van der Waals surface area contributed by atoms with Gasteiger partial charge in [-0.3, -0.25) is 9.59 Å². The van der Waals surface area contributed by atoms with Crippen LogP contribution < -0.4 is 5.32 Å². The number of urea groups is 1. The van der Waals surface area contributed by atoms with Gasteiger partial charge in [-0.2, -0.15) is 0 Å². The lowest BCUT2D eigenvalue weighted by atomic mass is 9.79. The van der Waals surface area contributed by atoms with Crippen molar-refractivity contribution in [3.8, 4) is 0 Å². The number of hydrogen-bond donors (Lipinski definition) is 2. The summed E-state index contributed by atoms with van der Waals surface area (Å²) in [4.78, 5) is 38.2. The zero-order chi connectivity index (χ0) is 15.5. The molecule has 1 aliphatic heterocycles. The van der Waals surface area contributed by atoms with E-state index in [9.17, 15) is 14.4 Å². The lowest BCUT2D eigenvalue weighted by Gasteiger charge is -2.40. The Hall–Kier alpha value is -1.79. The van der Waals surface area contributed by atoms with Gasteiger partial charge in [-0.25, -0.2) is 4.79 Å². The number of carboxylic acid groups (broad SMARTS) is 1. The van der Waals surface area contributed by atoms with Gasteiger partial charge in [0.2, 0.25) is 5.91 Å². The number of likely N-dealkylation sites (N-methyl/N-ethyl adjacent to an activating group) is 1. The number of hydrogen-bond acceptors (Lipinski definition) is 3. The van der Waals surface area contributed by atoms with Crippen molar-refractivity contribution in [3.05, 3.63) is 0 Å². The second-order valence-corrected chi connectivity index (χ2v) is 6.08. The molecule has 1 heterocycles. The fourth-order valence-electron chi connectivity index (χ4n) is 3.10. The van der Waals surface area contributed by atoms with Gasteiger partial charge in [-0.15, -0.1) is 0 Å². The summed E-state index contributed by atoms with van der Waals surface area (Å²) in [6, 6.07) is -0.320. The molecule has 1 saturated carbocycles. The number of piperazine rings is 1. The molecular weight excluding hydrogens is 274 g/mol.